The van der Waals surface area contributed by atoms with Crippen LogP contribution in [0, 0.1) is 11.3 Å². The number of likely N-dealkylation sites (tertiary alicyclic amines) is 1. The van der Waals surface area contributed by atoms with E-state index < -0.39 is 11.7 Å². The Balaban J connectivity index is 2.05. The van der Waals surface area contributed by atoms with Crippen LogP contribution < -0.4 is 0 Å². The third kappa shape index (κ3) is 4.28. The molecule has 1 aromatic rings. The molecule has 24 heavy (non-hydrogen) atoms. The highest BCUT2D eigenvalue weighted by Gasteiger charge is 2.34. The van der Waals surface area contributed by atoms with E-state index >= 15 is 0 Å². The van der Waals surface area contributed by atoms with Gasteiger partial charge in [0, 0.05) is 13.1 Å². The van der Waals surface area contributed by atoms with E-state index in [4.69, 9.17) is 0 Å². The summed E-state index contributed by atoms with van der Waals surface area (Å²) in [4.78, 5) is 13.5. The Labute approximate surface area is 140 Å². The van der Waals surface area contributed by atoms with Crippen LogP contribution in [0.5, 0.6) is 0 Å². The lowest BCUT2D eigenvalue weighted by atomic mass is 9.78. The second-order valence-electron chi connectivity index (χ2n) is 6.75. The van der Waals surface area contributed by atoms with Crippen LogP contribution in [0.25, 0.3) is 6.08 Å². The highest BCUT2D eigenvalue weighted by molar-refractivity contribution is 5.87. The second-order valence-corrected chi connectivity index (χ2v) is 6.75. The number of alkyl halides is 3. The van der Waals surface area contributed by atoms with Crippen LogP contribution >= 0.6 is 0 Å². The molecule has 0 radical (unpaired) electrons. The van der Waals surface area contributed by atoms with Crippen LogP contribution in [0.2, 0.25) is 0 Å². The SMILES string of the molecule is C=CC(=O)N1CCC(C(C)(C)C=Cc2ccc(C(F)(F)F)cc2)C1. The van der Waals surface area contributed by atoms with Gasteiger partial charge in [0.2, 0.25) is 5.91 Å². The average molecular weight is 337 g/mol. The van der Waals surface area contributed by atoms with Gasteiger partial charge in [0.05, 0.1) is 5.56 Å². The third-order valence-electron chi connectivity index (χ3n) is 4.67. The molecule has 1 saturated heterocycles. The summed E-state index contributed by atoms with van der Waals surface area (Å²) in [6, 6.07) is 5.12. The lowest BCUT2D eigenvalue weighted by molar-refractivity contribution is -0.137. The maximum atomic E-state index is 12.6. The number of carbonyl (C=O) groups excluding carboxylic acids is 1. The topological polar surface area (TPSA) is 20.3 Å². The number of rotatable bonds is 4. The summed E-state index contributed by atoms with van der Waals surface area (Å²) in [5, 5.41) is 0. The molecule has 2 rings (SSSR count). The molecule has 1 atom stereocenters. The molecule has 0 bridgehead atoms. The Morgan fingerprint density at radius 2 is 1.88 bits per heavy atom. The van der Waals surface area contributed by atoms with E-state index in [1.165, 1.54) is 18.2 Å². The van der Waals surface area contributed by atoms with E-state index in [1.54, 1.807) is 4.90 Å². The molecule has 0 N–H and O–H groups in total. The van der Waals surface area contributed by atoms with Gasteiger partial charge in [0.15, 0.2) is 0 Å². The Morgan fingerprint density at radius 1 is 1.25 bits per heavy atom. The van der Waals surface area contributed by atoms with Gasteiger partial charge in [-0.1, -0.05) is 44.7 Å². The van der Waals surface area contributed by atoms with Crippen LogP contribution in [0.1, 0.15) is 31.4 Å². The molecule has 2 nitrogen and oxygen atoms in total. The minimum atomic E-state index is -4.31. The Hall–Kier alpha value is -2.04. The summed E-state index contributed by atoms with van der Waals surface area (Å²) in [6.07, 6.45) is 1.78. The molecule has 130 valence electrons. The van der Waals surface area contributed by atoms with Gasteiger partial charge in [0.1, 0.15) is 0 Å². The largest absolute Gasteiger partial charge is 0.416 e. The van der Waals surface area contributed by atoms with Crippen LogP contribution in [0.15, 0.2) is 43.0 Å². The van der Waals surface area contributed by atoms with Crippen LogP contribution in [0.4, 0.5) is 13.2 Å². The fourth-order valence-corrected chi connectivity index (χ4v) is 2.93. The van der Waals surface area contributed by atoms with Crippen molar-refractivity contribution in [2.24, 2.45) is 11.3 Å². The van der Waals surface area contributed by atoms with Gasteiger partial charge in [0.25, 0.3) is 0 Å². The standard InChI is InChI=1S/C19H22F3NO/c1-4-17(24)23-12-10-16(13-23)18(2,3)11-9-14-5-7-15(8-6-14)19(20,21)22/h4-9,11,16H,1,10,12-13H2,2-3H3. The number of hydrogen-bond acceptors (Lipinski definition) is 1. The highest BCUT2D eigenvalue weighted by Crippen LogP contribution is 2.36. The zero-order valence-corrected chi connectivity index (χ0v) is 13.9. The molecule has 0 spiro atoms. The predicted octanol–water partition coefficient (Wildman–Crippen LogP) is 4.78. The molecule has 1 fully saturated rings. The van der Waals surface area contributed by atoms with E-state index in [-0.39, 0.29) is 11.3 Å². The van der Waals surface area contributed by atoms with E-state index in [9.17, 15) is 18.0 Å². The van der Waals surface area contributed by atoms with Gasteiger partial charge in [-0.15, -0.1) is 0 Å². The summed E-state index contributed by atoms with van der Waals surface area (Å²) in [6.45, 7) is 9.07. The van der Waals surface area contributed by atoms with Crippen molar-refractivity contribution in [1.82, 2.24) is 4.90 Å². The fraction of sp³-hybridized carbons (Fsp3) is 0.421. The average Bonchev–Trinajstić information content (AvgIpc) is 3.03. The van der Waals surface area contributed by atoms with E-state index in [0.717, 1.165) is 24.1 Å². The molecular weight excluding hydrogens is 315 g/mol. The summed E-state index contributed by atoms with van der Waals surface area (Å²) in [5.41, 5.74) is -0.0693. The number of benzene rings is 1. The molecule has 1 aromatic carbocycles. The second kappa shape index (κ2) is 6.83. The summed E-state index contributed by atoms with van der Waals surface area (Å²) < 4.78 is 37.7. The van der Waals surface area contributed by atoms with Gasteiger partial charge >= 0.3 is 6.18 Å². The molecule has 1 aliphatic rings. The lowest BCUT2D eigenvalue weighted by Crippen LogP contribution is -2.30. The monoisotopic (exact) mass is 337 g/mol. The third-order valence-corrected chi connectivity index (χ3v) is 4.67. The van der Waals surface area contributed by atoms with Crippen molar-refractivity contribution in [3.8, 4) is 0 Å². The maximum Gasteiger partial charge on any atom is 0.416 e. The van der Waals surface area contributed by atoms with Crippen molar-refractivity contribution in [2.75, 3.05) is 13.1 Å². The first-order valence-electron chi connectivity index (χ1n) is 7.91. The minimum absolute atomic E-state index is 0.0555. The Morgan fingerprint density at radius 3 is 2.42 bits per heavy atom. The number of allylic oxidation sites excluding steroid dienone is 1. The van der Waals surface area contributed by atoms with Crippen molar-refractivity contribution in [3.05, 3.63) is 54.1 Å². The van der Waals surface area contributed by atoms with Gasteiger partial charge in [-0.2, -0.15) is 13.2 Å². The summed E-state index contributed by atoms with van der Waals surface area (Å²) >= 11 is 0. The molecule has 1 unspecified atom stereocenters. The van der Waals surface area contributed by atoms with Gasteiger partial charge in [-0.05, 0) is 41.5 Å². The summed E-state index contributed by atoms with van der Waals surface area (Å²) in [5.74, 6) is 0.257. The Kier molecular flexibility index (Phi) is 5.21. The smallest absolute Gasteiger partial charge is 0.339 e. The quantitative estimate of drug-likeness (QED) is 0.724. The van der Waals surface area contributed by atoms with Crippen LogP contribution in [-0.2, 0) is 11.0 Å². The normalized spacial score (nSPS) is 19.0. The highest BCUT2D eigenvalue weighted by atomic mass is 19.4. The molecule has 0 aromatic heterocycles. The van der Waals surface area contributed by atoms with Gasteiger partial charge in [-0.3, -0.25) is 4.79 Å². The molecule has 0 aliphatic carbocycles. The Bertz CT molecular complexity index is 629. The first kappa shape index (κ1) is 18.3. The fourth-order valence-electron chi connectivity index (χ4n) is 2.93. The molecular formula is C19H22F3NO. The number of nitrogens with zero attached hydrogens (tertiary/aromatic N) is 1. The van der Waals surface area contributed by atoms with Crippen LogP contribution in [0.3, 0.4) is 0 Å². The van der Waals surface area contributed by atoms with Crippen molar-refractivity contribution in [1.29, 1.82) is 0 Å². The van der Waals surface area contributed by atoms with Crippen molar-refractivity contribution in [3.63, 3.8) is 0 Å². The zero-order chi connectivity index (χ0) is 18.0. The van der Waals surface area contributed by atoms with E-state index in [2.05, 4.69) is 20.4 Å². The minimum Gasteiger partial charge on any atom is -0.339 e. The lowest BCUT2D eigenvalue weighted by Gasteiger charge is -2.28. The molecule has 5 heteroatoms. The van der Waals surface area contributed by atoms with Crippen LogP contribution in [-0.4, -0.2) is 23.9 Å². The van der Waals surface area contributed by atoms with Gasteiger partial charge < -0.3 is 4.90 Å². The van der Waals surface area contributed by atoms with Crippen molar-refractivity contribution >= 4 is 12.0 Å². The van der Waals surface area contributed by atoms with E-state index in [1.807, 2.05) is 12.2 Å². The molecule has 1 amide bonds. The molecule has 1 aliphatic heterocycles. The van der Waals surface area contributed by atoms with Crippen molar-refractivity contribution in [2.45, 2.75) is 26.4 Å². The first-order chi connectivity index (χ1) is 11.1. The number of halogens is 3. The predicted molar refractivity (Wildman–Crippen MR) is 89.1 cm³/mol. The van der Waals surface area contributed by atoms with Crippen molar-refractivity contribution < 1.29 is 18.0 Å². The van der Waals surface area contributed by atoms with Gasteiger partial charge in [-0.25, -0.2) is 0 Å². The zero-order valence-electron chi connectivity index (χ0n) is 13.9. The first-order valence-corrected chi connectivity index (χ1v) is 7.91. The number of hydrogen-bond donors (Lipinski definition) is 0. The number of carbonyl (C=O) groups is 1. The summed E-state index contributed by atoms with van der Waals surface area (Å²) in [7, 11) is 0. The van der Waals surface area contributed by atoms with E-state index in [0.29, 0.717) is 19.0 Å². The maximum absolute atomic E-state index is 12.6. The molecule has 0 saturated carbocycles. The number of amides is 1. The molecule has 1 heterocycles.